The Labute approximate surface area is 172 Å². The van der Waals surface area contributed by atoms with E-state index in [1.807, 2.05) is 73.7 Å². The van der Waals surface area contributed by atoms with Crippen LogP contribution in [0.4, 0.5) is 0 Å². The zero-order chi connectivity index (χ0) is 20.3. The normalized spacial score (nSPS) is 10.4. The molecular formula is C25H27NO3. The Morgan fingerprint density at radius 3 is 2.31 bits per heavy atom. The molecule has 0 aliphatic carbocycles. The van der Waals surface area contributed by atoms with E-state index in [-0.39, 0.29) is 5.91 Å². The minimum atomic E-state index is -0.119. The first-order chi connectivity index (χ1) is 14.3. The van der Waals surface area contributed by atoms with E-state index in [4.69, 9.17) is 9.47 Å². The minimum Gasteiger partial charge on any atom is -0.494 e. The zero-order valence-corrected chi connectivity index (χ0v) is 16.8. The molecule has 0 saturated carbocycles. The van der Waals surface area contributed by atoms with Crippen LogP contribution in [0.25, 0.3) is 0 Å². The van der Waals surface area contributed by atoms with Crippen molar-refractivity contribution in [3.63, 3.8) is 0 Å². The lowest BCUT2D eigenvalue weighted by atomic mass is 10.1. The second-order valence-electron chi connectivity index (χ2n) is 6.67. The number of rotatable bonds is 10. The third-order valence-corrected chi connectivity index (χ3v) is 4.55. The molecular weight excluding hydrogens is 362 g/mol. The number of aryl methyl sites for hydroxylation is 1. The van der Waals surface area contributed by atoms with Crippen LogP contribution in [-0.4, -0.2) is 19.1 Å². The van der Waals surface area contributed by atoms with Crippen molar-refractivity contribution >= 4 is 5.91 Å². The molecule has 1 amide bonds. The Balaban J connectivity index is 1.52. The molecule has 0 aliphatic rings. The van der Waals surface area contributed by atoms with Gasteiger partial charge in [0, 0.05) is 6.54 Å². The summed E-state index contributed by atoms with van der Waals surface area (Å²) >= 11 is 0. The molecule has 150 valence electrons. The van der Waals surface area contributed by atoms with Crippen LogP contribution in [0.1, 0.15) is 34.8 Å². The fourth-order valence-electron chi connectivity index (χ4n) is 3.10. The van der Waals surface area contributed by atoms with Crippen molar-refractivity contribution in [3.05, 3.63) is 95.6 Å². The molecule has 0 unspecified atom stereocenters. The average molecular weight is 389 g/mol. The third-order valence-electron chi connectivity index (χ3n) is 4.55. The zero-order valence-electron chi connectivity index (χ0n) is 16.8. The summed E-state index contributed by atoms with van der Waals surface area (Å²) in [5.74, 6) is 1.39. The summed E-state index contributed by atoms with van der Waals surface area (Å²) in [6, 6.07) is 25.3. The van der Waals surface area contributed by atoms with Crippen molar-refractivity contribution in [3.8, 4) is 11.5 Å². The van der Waals surface area contributed by atoms with Gasteiger partial charge in [0.05, 0.1) is 12.2 Å². The van der Waals surface area contributed by atoms with Crippen LogP contribution in [0.5, 0.6) is 11.5 Å². The van der Waals surface area contributed by atoms with E-state index in [1.54, 1.807) is 6.07 Å². The van der Waals surface area contributed by atoms with Crippen LogP contribution >= 0.6 is 0 Å². The maximum absolute atomic E-state index is 12.6. The molecule has 0 bridgehead atoms. The van der Waals surface area contributed by atoms with Gasteiger partial charge in [-0.3, -0.25) is 4.79 Å². The number of benzene rings is 3. The van der Waals surface area contributed by atoms with E-state index in [0.29, 0.717) is 31.1 Å². The summed E-state index contributed by atoms with van der Waals surface area (Å²) in [6.45, 7) is 3.65. The van der Waals surface area contributed by atoms with Gasteiger partial charge in [0.1, 0.15) is 18.1 Å². The largest absolute Gasteiger partial charge is 0.494 e. The summed E-state index contributed by atoms with van der Waals surface area (Å²) in [4.78, 5) is 12.6. The number of nitrogens with one attached hydrogen (secondary N) is 1. The highest BCUT2D eigenvalue weighted by atomic mass is 16.5. The van der Waals surface area contributed by atoms with Gasteiger partial charge in [-0.25, -0.2) is 0 Å². The number of para-hydroxylation sites is 2. The molecule has 29 heavy (non-hydrogen) atoms. The lowest BCUT2D eigenvalue weighted by Crippen LogP contribution is -2.25. The molecule has 0 aromatic heterocycles. The first-order valence-corrected chi connectivity index (χ1v) is 10.0. The Bertz CT molecular complexity index is 909. The molecule has 4 heteroatoms. The second-order valence-corrected chi connectivity index (χ2v) is 6.67. The summed E-state index contributed by atoms with van der Waals surface area (Å²) in [7, 11) is 0. The number of ether oxygens (including phenoxy) is 2. The van der Waals surface area contributed by atoms with Crippen LogP contribution in [0.2, 0.25) is 0 Å². The van der Waals surface area contributed by atoms with Crippen molar-refractivity contribution in [1.82, 2.24) is 5.32 Å². The molecule has 0 spiro atoms. The van der Waals surface area contributed by atoms with E-state index in [1.165, 1.54) is 0 Å². The minimum absolute atomic E-state index is 0.119. The summed E-state index contributed by atoms with van der Waals surface area (Å²) in [5, 5.41) is 3.00. The van der Waals surface area contributed by atoms with Crippen LogP contribution in [0.3, 0.4) is 0 Å². The number of carbonyl (C=O) groups is 1. The van der Waals surface area contributed by atoms with Crippen molar-refractivity contribution in [1.29, 1.82) is 0 Å². The molecule has 3 rings (SSSR count). The van der Waals surface area contributed by atoms with Gasteiger partial charge < -0.3 is 14.8 Å². The number of amides is 1. The Morgan fingerprint density at radius 2 is 1.52 bits per heavy atom. The molecule has 0 atom stereocenters. The van der Waals surface area contributed by atoms with Gasteiger partial charge in [0.25, 0.3) is 5.91 Å². The van der Waals surface area contributed by atoms with Gasteiger partial charge >= 0.3 is 0 Å². The predicted molar refractivity (Wildman–Crippen MR) is 115 cm³/mol. The molecule has 0 saturated heterocycles. The lowest BCUT2D eigenvalue weighted by Gasteiger charge is -2.12. The Hall–Kier alpha value is -3.27. The average Bonchev–Trinajstić information content (AvgIpc) is 2.77. The van der Waals surface area contributed by atoms with Gasteiger partial charge in [0.2, 0.25) is 0 Å². The van der Waals surface area contributed by atoms with Crippen molar-refractivity contribution in [2.75, 3.05) is 13.2 Å². The smallest absolute Gasteiger partial charge is 0.255 e. The maximum Gasteiger partial charge on any atom is 0.255 e. The molecule has 0 fully saturated rings. The predicted octanol–water partition coefficient (Wildman–Crippen LogP) is 5.03. The Kier molecular flexibility index (Phi) is 7.70. The quantitative estimate of drug-likeness (QED) is 0.495. The maximum atomic E-state index is 12.6. The van der Waals surface area contributed by atoms with E-state index in [9.17, 15) is 4.79 Å². The highest BCUT2D eigenvalue weighted by Gasteiger charge is 2.12. The highest BCUT2D eigenvalue weighted by molar-refractivity contribution is 5.96. The monoisotopic (exact) mass is 389 g/mol. The van der Waals surface area contributed by atoms with E-state index in [2.05, 4.69) is 11.4 Å². The molecule has 0 radical (unpaired) electrons. The van der Waals surface area contributed by atoms with Crippen LogP contribution < -0.4 is 14.8 Å². The first kappa shape index (κ1) is 20.5. The first-order valence-electron chi connectivity index (χ1n) is 10.0. The van der Waals surface area contributed by atoms with Gasteiger partial charge in [-0.15, -0.1) is 0 Å². The van der Waals surface area contributed by atoms with Crippen molar-refractivity contribution in [2.45, 2.75) is 26.4 Å². The fourth-order valence-corrected chi connectivity index (χ4v) is 3.10. The molecule has 3 aromatic carbocycles. The number of hydrogen-bond donors (Lipinski definition) is 1. The fraction of sp³-hybridized carbons (Fsp3) is 0.240. The van der Waals surface area contributed by atoms with Crippen LogP contribution in [-0.2, 0) is 13.0 Å². The SMILES string of the molecule is CCOc1ccccc1CCCNC(=O)c1ccccc1OCc1ccccc1. The van der Waals surface area contributed by atoms with Crippen LogP contribution in [0.15, 0.2) is 78.9 Å². The second kappa shape index (κ2) is 10.9. The summed E-state index contributed by atoms with van der Waals surface area (Å²) in [5.41, 5.74) is 2.78. The van der Waals surface area contributed by atoms with Crippen molar-refractivity contribution in [2.24, 2.45) is 0 Å². The van der Waals surface area contributed by atoms with Crippen LogP contribution in [0, 0.1) is 0 Å². The van der Waals surface area contributed by atoms with E-state index in [0.717, 1.165) is 29.7 Å². The Morgan fingerprint density at radius 1 is 0.828 bits per heavy atom. The van der Waals surface area contributed by atoms with Gasteiger partial charge in [-0.2, -0.15) is 0 Å². The van der Waals surface area contributed by atoms with E-state index >= 15 is 0 Å². The molecule has 1 N–H and O–H groups in total. The van der Waals surface area contributed by atoms with Gasteiger partial charge in [0.15, 0.2) is 0 Å². The van der Waals surface area contributed by atoms with Crippen molar-refractivity contribution < 1.29 is 14.3 Å². The van der Waals surface area contributed by atoms with E-state index < -0.39 is 0 Å². The molecule has 0 heterocycles. The number of carbonyl (C=O) groups excluding carboxylic acids is 1. The summed E-state index contributed by atoms with van der Waals surface area (Å²) in [6.07, 6.45) is 1.69. The van der Waals surface area contributed by atoms with Gasteiger partial charge in [-0.05, 0) is 49.1 Å². The third kappa shape index (κ3) is 6.11. The molecule has 3 aromatic rings. The lowest BCUT2D eigenvalue weighted by molar-refractivity contribution is 0.0948. The topological polar surface area (TPSA) is 47.6 Å². The standard InChI is InChI=1S/C25H27NO3/c1-2-28-23-16-8-6-13-21(23)14-10-18-26-25(27)22-15-7-9-17-24(22)29-19-20-11-4-3-5-12-20/h3-9,11-13,15-17H,2,10,14,18-19H2,1H3,(H,26,27). The highest BCUT2D eigenvalue weighted by Crippen LogP contribution is 2.21. The number of hydrogen-bond acceptors (Lipinski definition) is 3. The van der Waals surface area contributed by atoms with Gasteiger partial charge in [-0.1, -0.05) is 60.7 Å². The summed E-state index contributed by atoms with van der Waals surface area (Å²) < 4.78 is 11.5. The molecule has 4 nitrogen and oxygen atoms in total. The molecule has 0 aliphatic heterocycles.